The molecule has 5 aromatic rings. The van der Waals surface area contributed by atoms with Crippen molar-refractivity contribution in [1.82, 2.24) is 20.6 Å². The third-order valence-electron chi connectivity index (χ3n) is 7.10. The van der Waals surface area contributed by atoms with Gasteiger partial charge in [0.1, 0.15) is 11.6 Å². The lowest BCUT2D eigenvalue weighted by Gasteiger charge is -2.26. The number of carbonyl (C=O) groups excluding carboxylic acids is 2. The van der Waals surface area contributed by atoms with E-state index in [0.717, 1.165) is 11.1 Å². The van der Waals surface area contributed by atoms with Crippen LogP contribution < -0.4 is 10.6 Å². The summed E-state index contributed by atoms with van der Waals surface area (Å²) < 4.78 is 5.84. The molecule has 0 fully saturated rings. The minimum absolute atomic E-state index is 0.101. The number of fused-ring (bicyclic) bond motifs is 1. The van der Waals surface area contributed by atoms with E-state index in [-0.39, 0.29) is 11.6 Å². The second kappa shape index (κ2) is 15.0. The van der Waals surface area contributed by atoms with Gasteiger partial charge in [0.25, 0.3) is 5.91 Å². The monoisotopic (exact) mass is 605 g/mol. The Bertz CT molecular complexity index is 1710. The number of thioether (sulfide) groups is 1. The number of benzene rings is 3. The van der Waals surface area contributed by atoms with Gasteiger partial charge in [-0.1, -0.05) is 60.7 Å². The molecule has 10 heteroatoms. The summed E-state index contributed by atoms with van der Waals surface area (Å²) in [4.78, 5) is 35.3. The predicted octanol–water partition coefficient (Wildman–Crippen LogP) is 4.98. The first kappa shape index (κ1) is 30.5. The van der Waals surface area contributed by atoms with Crippen LogP contribution in [0.2, 0.25) is 0 Å². The molecule has 0 aliphatic carbocycles. The molecule has 0 radical (unpaired) electrons. The summed E-state index contributed by atoms with van der Waals surface area (Å²) in [5.74, 6) is -0.0777. The number of hydrogen-bond acceptors (Lipinski definition) is 8. The molecule has 2 heterocycles. The standard InChI is InChI=1S/C34H31N5O4S/c35-20-25-10-4-5-11-26(25)21-44-22-29(38-32(41)24-16-18-36-19-17-24)33(42)37-28(15-14-23-8-2-1-3-9-23)31(40)34-39-27-12-6-7-13-30(27)43-34/h1-13,16-19,28-29,31,40H,14-15,21-22H2,(H,37,42)(H,38,41)/t28-,29-,31?/m0/s1. The van der Waals surface area contributed by atoms with E-state index in [1.165, 1.54) is 24.2 Å². The number of oxazole rings is 1. The summed E-state index contributed by atoms with van der Waals surface area (Å²) in [6, 6.07) is 27.9. The van der Waals surface area contributed by atoms with Gasteiger partial charge in [-0.3, -0.25) is 14.6 Å². The van der Waals surface area contributed by atoms with Gasteiger partial charge in [-0.05, 0) is 54.3 Å². The Morgan fingerprint density at radius 3 is 2.43 bits per heavy atom. The molecule has 2 amide bonds. The van der Waals surface area contributed by atoms with Gasteiger partial charge in [0, 0.05) is 29.5 Å². The van der Waals surface area contributed by atoms with Crippen LogP contribution in [0, 0.1) is 11.3 Å². The van der Waals surface area contributed by atoms with Crippen molar-refractivity contribution >= 4 is 34.7 Å². The number of hydrogen-bond donors (Lipinski definition) is 3. The molecule has 0 aliphatic heterocycles. The lowest BCUT2D eigenvalue weighted by Crippen LogP contribution is -2.52. The second-order valence-electron chi connectivity index (χ2n) is 10.2. The van der Waals surface area contributed by atoms with Crippen molar-refractivity contribution in [3.63, 3.8) is 0 Å². The molecule has 0 saturated heterocycles. The zero-order chi connectivity index (χ0) is 30.7. The van der Waals surface area contributed by atoms with Crippen molar-refractivity contribution in [1.29, 1.82) is 5.26 Å². The minimum atomic E-state index is -1.23. The number of amides is 2. The number of nitrogens with zero attached hydrogens (tertiary/aromatic N) is 3. The first-order valence-electron chi connectivity index (χ1n) is 14.2. The number of para-hydroxylation sites is 2. The molecule has 44 heavy (non-hydrogen) atoms. The topological polar surface area (TPSA) is 141 Å². The fourth-order valence-electron chi connectivity index (χ4n) is 4.72. The van der Waals surface area contributed by atoms with Crippen molar-refractivity contribution in [3.05, 3.63) is 132 Å². The molecule has 1 unspecified atom stereocenters. The maximum atomic E-state index is 13.8. The third kappa shape index (κ3) is 7.89. The number of pyridine rings is 1. The highest BCUT2D eigenvalue weighted by molar-refractivity contribution is 7.98. The SMILES string of the molecule is N#Cc1ccccc1CSC[C@H](NC(=O)c1ccncc1)C(=O)N[C@@H](CCc1ccccc1)C(O)c1nc2ccccc2o1. The zero-order valence-corrected chi connectivity index (χ0v) is 24.6. The van der Waals surface area contributed by atoms with Gasteiger partial charge in [-0.15, -0.1) is 0 Å². The summed E-state index contributed by atoms with van der Waals surface area (Å²) in [5.41, 5.74) is 3.95. The molecule has 0 saturated carbocycles. The highest BCUT2D eigenvalue weighted by Gasteiger charge is 2.30. The largest absolute Gasteiger partial charge is 0.438 e. The maximum absolute atomic E-state index is 13.8. The summed E-state index contributed by atoms with van der Waals surface area (Å²) in [6.07, 6.45) is 2.75. The molecule has 5 rings (SSSR count). The molecule has 2 aromatic heterocycles. The van der Waals surface area contributed by atoms with Gasteiger partial charge in [0.15, 0.2) is 11.7 Å². The van der Waals surface area contributed by atoms with Crippen LogP contribution >= 0.6 is 11.8 Å². The van der Waals surface area contributed by atoms with Crippen LogP contribution in [0.5, 0.6) is 0 Å². The van der Waals surface area contributed by atoms with Crippen LogP contribution in [-0.4, -0.2) is 44.7 Å². The number of aliphatic hydroxyl groups excluding tert-OH is 1. The second-order valence-corrected chi connectivity index (χ2v) is 11.2. The maximum Gasteiger partial charge on any atom is 0.252 e. The Balaban J connectivity index is 1.36. The molecule has 3 aromatic carbocycles. The van der Waals surface area contributed by atoms with E-state index in [2.05, 4.69) is 26.7 Å². The quantitative estimate of drug-likeness (QED) is 0.171. The molecular formula is C34H31N5O4S. The molecule has 222 valence electrons. The third-order valence-corrected chi connectivity index (χ3v) is 8.19. The van der Waals surface area contributed by atoms with Crippen LogP contribution in [0.4, 0.5) is 0 Å². The molecule has 0 bridgehead atoms. The number of nitrogens with one attached hydrogen (secondary N) is 2. The number of aliphatic hydroxyl groups is 1. The van der Waals surface area contributed by atoms with Gasteiger partial charge in [0.2, 0.25) is 11.8 Å². The number of aromatic nitrogens is 2. The highest BCUT2D eigenvalue weighted by Crippen LogP contribution is 2.25. The van der Waals surface area contributed by atoms with E-state index in [1.54, 1.807) is 36.4 Å². The van der Waals surface area contributed by atoms with E-state index < -0.39 is 30.0 Å². The van der Waals surface area contributed by atoms with E-state index in [4.69, 9.17) is 4.42 Å². The summed E-state index contributed by atoms with van der Waals surface area (Å²) >= 11 is 1.42. The van der Waals surface area contributed by atoms with E-state index in [9.17, 15) is 20.0 Å². The summed E-state index contributed by atoms with van der Waals surface area (Å²) in [6.45, 7) is 0. The Morgan fingerprint density at radius 2 is 1.66 bits per heavy atom. The van der Waals surface area contributed by atoms with Crippen molar-refractivity contribution in [2.24, 2.45) is 0 Å². The highest BCUT2D eigenvalue weighted by atomic mass is 32.2. The lowest BCUT2D eigenvalue weighted by atomic mass is 10.0. The summed E-state index contributed by atoms with van der Waals surface area (Å²) in [5, 5.41) is 26.7. The number of aryl methyl sites for hydroxylation is 1. The average Bonchev–Trinajstić information content (AvgIpc) is 3.51. The van der Waals surface area contributed by atoms with Crippen molar-refractivity contribution in [2.75, 3.05) is 5.75 Å². The first-order chi connectivity index (χ1) is 21.5. The van der Waals surface area contributed by atoms with Crippen molar-refractivity contribution < 1.29 is 19.1 Å². The molecule has 0 spiro atoms. The van der Waals surface area contributed by atoms with E-state index in [1.807, 2.05) is 54.6 Å². The summed E-state index contributed by atoms with van der Waals surface area (Å²) in [7, 11) is 0. The average molecular weight is 606 g/mol. The van der Waals surface area contributed by atoms with Gasteiger partial charge in [0.05, 0.1) is 17.7 Å². The first-order valence-corrected chi connectivity index (χ1v) is 15.3. The zero-order valence-electron chi connectivity index (χ0n) is 23.8. The van der Waals surface area contributed by atoms with Crippen LogP contribution in [0.3, 0.4) is 0 Å². The molecule has 3 N–H and O–H groups in total. The van der Waals surface area contributed by atoms with E-state index >= 15 is 0 Å². The fourth-order valence-corrected chi connectivity index (χ4v) is 5.78. The number of rotatable bonds is 13. The predicted molar refractivity (Wildman–Crippen MR) is 168 cm³/mol. The molecule has 0 aliphatic rings. The number of nitriles is 1. The van der Waals surface area contributed by atoms with Crippen molar-refractivity contribution in [3.8, 4) is 6.07 Å². The smallest absolute Gasteiger partial charge is 0.252 e. The van der Waals surface area contributed by atoms with Crippen molar-refractivity contribution in [2.45, 2.75) is 36.8 Å². The van der Waals surface area contributed by atoms with Gasteiger partial charge >= 0.3 is 0 Å². The Labute approximate surface area is 259 Å². The number of carbonyl (C=O) groups is 2. The fraction of sp³-hybridized carbons (Fsp3) is 0.206. The normalized spacial score (nSPS) is 13.0. The lowest BCUT2D eigenvalue weighted by molar-refractivity contribution is -0.124. The Kier molecular flexibility index (Phi) is 10.4. The van der Waals surface area contributed by atoms with Gasteiger partial charge in [-0.25, -0.2) is 4.98 Å². The molecule has 3 atom stereocenters. The Morgan fingerprint density at radius 1 is 0.932 bits per heavy atom. The van der Waals surface area contributed by atoms with Crippen LogP contribution in [-0.2, 0) is 17.0 Å². The van der Waals surface area contributed by atoms with Gasteiger partial charge < -0.3 is 20.2 Å². The van der Waals surface area contributed by atoms with Crippen LogP contribution in [0.1, 0.15) is 45.5 Å². The molecular weight excluding hydrogens is 574 g/mol. The Hall–Kier alpha value is -4.98. The minimum Gasteiger partial charge on any atom is -0.438 e. The van der Waals surface area contributed by atoms with Crippen LogP contribution in [0.25, 0.3) is 11.1 Å². The van der Waals surface area contributed by atoms with E-state index in [0.29, 0.717) is 40.8 Å². The molecule has 9 nitrogen and oxygen atoms in total. The van der Waals surface area contributed by atoms with Crippen LogP contribution in [0.15, 0.2) is 108 Å². The van der Waals surface area contributed by atoms with Gasteiger partial charge in [-0.2, -0.15) is 17.0 Å².